The monoisotopic (exact) mass is 258 g/mol. The molecule has 0 atom stereocenters. The van der Waals surface area contributed by atoms with E-state index >= 15 is 0 Å². The molecule has 16 heavy (non-hydrogen) atoms. The second-order valence-corrected chi connectivity index (χ2v) is 5.32. The molecule has 0 saturated carbocycles. The molecule has 0 aliphatic rings. The number of sulfonamides is 1. The molecule has 0 aliphatic heterocycles. The Hall–Kier alpha value is -1.22. The van der Waals surface area contributed by atoms with E-state index in [0.29, 0.717) is 11.3 Å². The van der Waals surface area contributed by atoms with Crippen molar-refractivity contribution in [2.75, 3.05) is 12.3 Å². The summed E-state index contributed by atoms with van der Waals surface area (Å²) in [5, 5.41) is 0.268. The number of nitrogens with one attached hydrogen (secondary N) is 1. The highest BCUT2D eigenvalue weighted by molar-refractivity contribution is 7.89. The van der Waals surface area contributed by atoms with Crippen LogP contribution >= 0.6 is 11.6 Å². The number of hydrogen-bond donors (Lipinski definition) is 2. The molecule has 0 unspecified atom stereocenters. The van der Waals surface area contributed by atoms with Gasteiger partial charge in [0.05, 0.1) is 11.4 Å². The largest absolute Gasteiger partial charge is 0.398 e. The maximum Gasteiger partial charge on any atom is 0.241 e. The number of nitrogen functional groups attached to an aromatic ring is 1. The predicted molar refractivity (Wildman–Crippen MR) is 64.6 cm³/mol. The van der Waals surface area contributed by atoms with Crippen LogP contribution in [-0.4, -0.2) is 15.0 Å². The SMILES string of the molecule is C#CCNS(=O)(=O)c1cc(Cl)cc(N)c1C. The third kappa shape index (κ3) is 2.67. The van der Waals surface area contributed by atoms with Gasteiger partial charge in [0.15, 0.2) is 0 Å². The van der Waals surface area contributed by atoms with E-state index < -0.39 is 10.0 Å². The van der Waals surface area contributed by atoms with Gasteiger partial charge in [0.2, 0.25) is 10.0 Å². The minimum Gasteiger partial charge on any atom is -0.398 e. The first-order chi connectivity index (χ1) is 7.38. The summed E-state index contributed by atoms with van der Waals surface area (Å²) >= 11 is 5.75. The van der Waals surface area contributed by atoms with Crippen molar-refractivity contribution in [3.05, 3.63) is 22.7 Å². The highest BCUT2D eigenvalue weighted by atomic mass is 35.5. The minimum atomic E-state index is -3.66. The zero-order valence-corrected chi connectivity index (χ0v) is 10.2. The molecule has 1 aromatic rings. The van der Waals surface area contributed by atoms with E-state index in [1.165, 1.54) is 12.1 Å². The average molecular weight is 259 g/mol. The summed E-state index contributed by atoms with van der Waals surface area (Å²) in [4.78, 5) is 0.0488. The standard InChI is InChI=1S/C10H11ClN2O2S/c1-3-4-13-16(14,15)10-6-8(11)5-9(12)7(10)2/h1,5-6,13H,4,12H2,2H3. The van der Waals surface area contributed by atoms with Crippen molar-refractivity contribution in [2.45, 2.75) is 11.8 Å². The molecule has 0 bridgehead atoms. The number of rotatable bonds is 3. The summed E-state index contributed by atoms with van der Waals surface area (Å²) in [7, 11) is -3.66. The van der Waals surface area contributed by atoms with Crippen LogP contribution in [0.25, 0.3) is 0 Å². The molecule has 0 fully saturated rings. The predicted octanol–water partition coefficient (Wildman–Crippen LogP) is 1.14. The van der Waals surface area contributed by atoms with Crippen LogP contribution in [0, 0.1) is 19.3 Å². The van der Waals surface area contributed by atoms with Gasteiger partial charge in [-0.05, 0) is 24.6 Å². The Morgan fingerprint density at radius 2 is 2.19 bits per heavy atom. The number of nitrogens with two attached hydrogens (primary N) is 1. The van der Waals surface area contributed by atoms with Crippen molar-refractivity contribution in [1.82, 2.24) is 4.72 Å². The highest BCUT2D eigenvalue weighted by Gasteiger charge is 2.18. The van der Waals surface area contributed by atoms with Gasteiger partial charge in [0.25, 0.3) is 0 Å². The molecule has 1 rings (SSSR count). The van der Waals surface area contributed by atoms with Gasteiger partial charge in [0.1, 0.15) is 0 Å². The second-order valence-electron chi connectivity index (χ2n) is 3.15. The Morgan fingerprint density at radius 3 is 2.75 bits per heavy atom. The molecular weight excluding hydrogens is 248 g/mol. The van der Waals surface area contributed by atoms with Crippen molar-refractivity contribution in [2.24, 2.45) is 0 Å². The van der Waals surface area contributed by atoms with Crippen LogP contribution in [0.3, 0.4) is 0 Å². The molecule has 0 aliphatic carbocycles. The van der Waals surface area contributed by atoms with E-state index in [1.54, 1.807) is 6.92 Å². The van der Waals surface area contributed by atoms with E-state index in [-0.39, 0.29) is 16.5 Å². The Balaban J connectivity index is 3.29. The fraction of sp³-hybridized carbons (Fsp3) is 0.200. The Kier molecular flexibility index (Phi) is 3.81. The molecule has 0 saturated heterocycles. The van der Waals surface area contributed by atoms with Gasteiger partial charge < -0.3 is 5.73 Å². The maximum atomic E-state index is 11.8. The van der Waals surface area contributed by atoms with Crippen LogP contribution in [0.2, 0.25) is 5.02 Å². The van der Waals surface area contributed by atoms with Gasteiger partial charge in [-0.1, -0.05) is 17.5 Å². The summed E-state index contributed by atoms with van der Waals surface area (Å²) in [6.45, 7) is 1.53. The first-order valence-corrected chi connectivity index (χ1v) is 6.23. The van der Waals surface area contributed by atoms with Crippen molar-refractivity contribution >= 4 is 27.3 Å². The van der Waals surface area contributed by atoms with E-state index in [2.05, 4.69) is 10.6 Å². The first kappa shape index (κ1) is 12.8. The van der Waals surface area contributed by atoms with E-state index in [4.69, 9.17) is 23.8 Å². The number of benzene rings is 1. The Bertz CT molecular complexity index is 547. The summed E-state index contributed by atoms with van der Waals surface area (Å²) in [6.07, 6.45) is 4.98. The first-order valence-electron chi connectivity index (χ1n) is 4.37. The highest BCUT2D eigenvalue weighted by Crippen LogP contribution is 2.25. The van der Waals surface area contributed by atoms with Crippen molar-refractivity contribution in [1.29, 1.82) is 0 Å². The van der Waals surface area contributed by atoms with Gasteiger partial charge in [-0.2, -0.15) is 4.72 Å². The van der Waals surface area contributed by atoms with Gasteiger partial charge in [0, 0.05) is 10.7 Å². The number of halogens is 1. The van der Waals surface area contributed by atoms with Crippen molar-refractivity contribution in [3.63, 3.8) is 0 Å². The molecule has 0 heterocycles. The fourth-order valence-electron chi connectivity index (χ4n) is 1.17. The van der Waals surface area contributed by atoms with Crippen LogP contribution in [0.5, 0.6) is 0 Å². The van der Waals surface area contributed by atoms with Gasteiger partial charge >= 0.3 is 0 Å². The third-order valence-corrected chi connectivity index (χ3v) is 3.76. The molecule has 3 N–H and O–H groups in total. The topological polar surface area (TPSA) is 72.2 Å². The molecule has 0 aromatic heterocycles. The van der Waals surface area contributed by atoms with Crippen LogP contribution in [0.15, 0.2) is 17.0 Å². The molecular formula is C10H11ClN2O2S. The molecule has 0 radical (unpaired) electrons. The number of hydrogen-bond acceptors (Lipinski definition) is 3. The van der Waals surface area contributed by atoms with Crippen LogP contribution in [0.4, 0.5) is 5.69 Å². The smallest absolute Gasteiger partial charge is 0.241 e. The molecule has 1 aromatic carbocycles. The molecule has 4 nitrogen and oxygen atoms in total. The minimum absolute atomic E-state index is 0.0488. The summed E-state index contributed by atoms with van der Waals surface area (Å²) in [5.41, 5.74) is 6.41. The lowest BCUT2D eigenvalue weighted by Gasteiger charge is -2.10. The average Bonchev–Trinajstić information content (AvgIpc) is 2.20. The van der Waals surface area contributed by atoms with Crippen molar-refractivity contribution < 1.29 is 8.42 Å². The lowest BCUT2D eigenvalue weighted by atomic mass is 10.2. The molecule has 86 valence electrons. The maximum absolute atomic E-state index is 11.8. The van der Waals surface area contributed by atoms with E-state index in [0.717, 1.165) is 0 Å². The third-order valence-electron chi connectivity index (χ3n) is 2.02. The van der Waals surface area contributed by atoms with Crippen LogP contribution < -0.4 is 10.5 Å². The zero-order valence-electron chi connectivity index (χ0n) is 8.62. The van der Waals surface area contributed by atoms with Gasteiger partial charge in [-0.3, -0.25) is 0 Å². The van der Waals surface area contributed by atoms with E-state index in [1.807, 2.05) is 0 Å². The van der Waals surface area contributed by atoms with Gasteiger partial charge in [-0.25, -0.2) is 8.42 Å². The molecule has 0 spiro atoms. The zero-order chi connectivity index (χ0) is 12.3. The second kappa shape index (κ2) is 4.74. The lowest BCUT2D eigenvalue weighted by molar-refractivity contribution is 0.585. The number of terminal acetylenes is 1. The van der Waals surface area contributed by atoms with Crippen LogP contribution in [-0.2, 0) is 10.0 Å². The fourth-order valence-corrected chi connectivity index (χ4v) is 2.69. The van der Waals surface area contributed by atoms with Crippen molar-refractivity contribution in [3.8, 4) is 12.3 Å². The van der Waals surface area contributed by atoms with Gasteiger partial charge in [-0.15, -0.1) is 6.42 Å². The quantitative estimate of drug-likeness (QED) is 0.631. The lowest BCUT2D eigenvalue weighted by Crippen LogP contribution is -2.25. The Morgan fingerprint density at radius 1 is 1.56 bits per heavy atom. The summed E-state index contributed by atoms with van der Waals surface area (Å²) in [5.74, 6) is 2.19. The Labute approximate surface area is 99.8 Å². The summed E-state index contributed by atoms with van der Waals surface area (Å²) < 4.78 is 25.8. The van der Waals surface area contributed by atoms with Crippen LogP contribution in [0.1, 0.15) is 5.56 Å². The number of anilines is 1. The molecule has 0 amide bonds. The molecule has 6 heteroatoms. The summed E-state index contributed by atoms with van der Waals surface area (Å²) in [6, 6.07) is 2.84. The normalized spacial score (nSPS) is 11.1. The van der Waals surface area contributed by atoms with E-state index in [9.17, 15) is 8.42 Å².